The summed E-state index contributed by atoms with van der Waals surface area (Å²) in [5, 5.41) is 0. The van der Waals surface area contributed by atoms with Crippen molar-refractivity contribution in [3.8, 4) is 0 Å². The second kappa shape index (κ2) is 7.02. The number of unbranched alkanes of at least 4 members (excludes halogenated alkanes) is 3. The third kappa shape index (κ3) is 4.25. The minimum absolute atomic E-state index is 0.295. The van der Waals surface area contributed by atoms with Gasteiger partial charge in [0.05, 0.1) is 6.10 Å². The molecule has 0 aromatic heterocycles. The van der Waals surface area contributed by atoms with Crippen LogP contribution in [0.2, 0.25) is 0 Å². The SMILES string of the molecule is C=CCCCCCOC1CCCC1N. The Kier molecular flexibility index (Phi) is 5.88. The van der Waals surface area contributed by atoms with E-state index in [1.165, 1.54) is 19.3 Å². The predicted octanol–water partition coefficient (Wildman–Crippen LogP) is 2.63. The Hall–Kier alpha value is -0.340. The van der Waals surface area contributed by atoms with E-state index >= 15 is 0 Å². The summed E-state index contributed by atoms with van der Waals surface area (Å²) in [5.41, 5.74) is 5.90. The number of nitrogens with two attached hydrogens (primary N) is 1. The highest BCUT2D eigenvalue weighted by molar-refractivity contribution is 4.80. The summed E-state index contributed by atoms with van der Waals surface area (Å²) in [6.45, 7) is 4.59. The molecule has 14 heavy (non-hydrogen) atoms. The summed E-state index contributed by atoms with van der Waals surface area (Å²) >= 11 is 0. The Balaban J connectivity index is 1.90. The van der Waals surface area contributed by atoms with Gasteiger partial charge in [-0.15, -0.1) is 6.58 Å². The normalized spacial score (nSPS) is 26.6. The highest BCUT2D eigenvalue weighted by Gasteiger charge is 2.23. The van der Waals surface area contributed by atoms with Gasteiger partial charge < -0.3 is 10.5 Å². The fraction of sp³-hybridized carbons (Fsp3) is 0.833. The minimum atomic E-state index is 0.295. The van der Waals surface area contributed by atoms with E-state index < -0.39 is 0 Å². The highest BCUT2D eigenvalue weighted by atomic mass is 16.5. The summed E-state index contributed by atoms with van der Waals surface area (Å²) in [6, 6.07) is 0.295. The van der Waals surface area contributed by atoms with Crippen molar-refractivity contribution in [1.82, 2.24) is 0 Å². The first-order valence-corrected chi connectivity index (χ1v) is 5.82. The van der Waals surface area contributed by atoms with Crippen LogP contribution >= 0.6 is 0 Å². The molecule has 2 N–H and O–H groups in total. The van der Waals surface area contributed by atoms with Crippen molar-refractivity contribution in [2.75, 3.05) is 6.61 Å². The summed E-state index contributed by atoms with van der Waals surface area (Å²) < 4.78 is 5.74. The van der Waals surface area contributed by atoms with Crippen molar-refractivity contribution in [1.29, 1.82) is 0 Å². The average molecular weight is 197 g/mol. The molecule has 1 saturated carbocycles. The van der Waals surface area contributed by atoms with Gasteiger partial charge in [-0.1, -0.05) is 12.5 Å². The van der Waals surface area contributed by atoms with Crippen molar-refractivity contribution >= 4 is 0 Å². The lowest BCUT2D eigenvalue weighted by molar-refractivity contribution is 0.0456. The van der Waals surface area contributed by atoms with Gasteiger partial charge in [-0.3, -0.25) is 0 Å². The third-order valence-corrected chi connectivity index (χ3v) is 2.89. The van der Waals surface area contributed by atoms with Crippen LogP contribution in [0.15, 0.2) is 12.7 Å². The van der Waals surface area contributed by atoms with Gasteiger partial charge in [0, 0.05) is 12.6 Å². The number of ether oxygens (including phenoxy) is 1. The molecule has 1 aliphatic carbocycles. The Morgan fingerprint density at radius 3 is 2.79 bits per heavy atom. The lowest BCUT2D eigenvalue weighted by Crippen LogP contribution is -2.31. The molecule has 2 heteroatoms. The van der Waals surface area contributed by atoms with Crippen molar-refractivity contribution in [3.05, 3.63) is 12.7 Å². The van der Waals surface area contributed by atoms with Gasteiger partial charge in [0.25, 0.3) is 0 Å². The first-order valence-electron chi connectivity index (χ1n) is 5.82. The molecule has 0 saturated heterocycles. The fourth-order valence-electron chi connectivity index (χ4n) is 1.96. The summed E-state index contributed by atoms with van der Waals surface area (Å²) in [4.78, 5) is 0. The van der Waals surface area contributed by atoms with Crippen molar-refractivity contribution in [3.63, 3.8) is 0 Å². The average Bonchev–Trinajstić information content (AvgIpc) is 2.58. The smallest absolute Gasteiger partial charge is 0.0725 e. The molecule has 0 aliphatic heterocycles. The zero-order chi connectivity index (χ0) is 10.2. The molecule has 2 atom stereocenters. The van der Waals surface area contributed by atoms with E-state index in [9.17, 15) is 0 Å². The second-order valence-corrected chi connectivity index (χ2v) is 4.14. The van der Waals surface area contributed by atoms with Crippen LogP contribution in [0.4, 0.5) is 0 Å². The molecule has 1 aliphatic rings. The molecule has 2 nitrogen and oxygen atoms in total. The van der Waals surface area contributed by atoms with Gasteiger partial charge >= 0.3 is 0 Å². The zero-order valence-electron chi connectivity index (χ0n) is 9.08. The van der Waals surface area contributed by atoms with Crippen LogP contribution in [0.5, 0.6) is 0 Å². The van der Waals surface area contributed by atoms with E-state index in [-0.39, 0.29) is 0 Å². The van der Waals surface area contributed by atoms with Gasteiger partial charge in [0.1, 0.15) is 0 Å². The molecule has 1 fully saturated rings. The Labute approximate surface area is 87.5 Å². The molecular formula is C12H23NO. The molecule has 0 heterocycles. The molecule has 0 spiro atoms. The Bertz CT molecular complexity index is 158. The number of allylic oxidation sites excluding steroid dienone is 1. The minimum Gasteiger partial charge on any atom is -0.377 e. The largest absolute Gasteiger partial charge is 0.377 e. The molecule has 2 unspecified atom stereocenters. The lowest BCUT2D eigenvalue weighted by Gasteiger charge is -2.15. The standard InChI is InChI=1S/C12H23NO/c1-2-3-4-5-6-10-14-12-9-7-8-11(12)13/h2,11-12H,1,3-10,13H2. The zero-order valence-corrected chi connectivity index (χ0v) is 9.08. The summed E-state index contributed by atoms with van der Waals surface area (Å²) in [6.07, 6.45) is 10.6. The predicted molar refractivity (Wildman–Crippen MR) is 60.2 cm³/mol. The molecular weight excluding hydrogens is 174 g/mol. The van der Waals surface area contributed by atoms with Crippen LogP contribution in [0.25, 0.3) is 0 Å². The van der Waals surface area contributed by atoms with Crippen LogP contribution in [-0.4, -0.2) is 18.8 Å². The number of hydrogen-bond acceptors (Lipinski definition) is 2. The van der Waals surface area contributed by atoms with Gasteiger partial charge in [-0.2, -0.15) is 0 Å². The molecule has 82 valence electrons. The fourth-order valence-corrected chi connectivity index (χ4v) is 1.96. The van der Waals surface area contributed by atoms with Gasteiger partial charge in [0.2, 0.25) is 0 Å². The van der Waals surface area contributed by atoms with Crippen LogP contribution < -0.4 is 5.73 Å². The quantitative estimate of drug-likeness (QED) is 0.503. The van der Waals surface area contributed by atoms with Crippen LogP contribution in [0.3, 0.4) is 0 Å². The summed E-state index contributed by atoms with van der Waals surface area (Å²) in [5.74, 6) is 0. The van der Waals surface area contributed by atoms with E-state index in [0.717, 1.165) is 32.3 Å². The Morgan fingerprint density at radius 2 is 2.14 bits per heavy atom. The van der Waals surface area contributed by atoms with Crippen LogP contribution in [0.1, 0.15) is 44.9 Å². The topological polar surface area (TPSA) is 35.2 Å². The van der Waals surface area contributed by atoms with E-state index in [1.54, 1.807) is 0 Å². The maximum absolute atomic E-state index is 5.90. The van der Waals surface area contributed by atoms with Gasteiger partial charge in [-0.25, -0.2) is 0 Å². The van der Waals surface area contributed by atoms with Crippen molar-refractivity contribution in [2.24, 2.45) is 5.73 Å². The first-order chi connectivity index (χ1) is 6.84. The molecule has 1 rings (SSSR count). The van der Waals surface area contributed by atoms with Gasteiger partial charge in [0.15, 0.2) is 0 Å². The third-order valence-electron chi connectivity index (χ3n) is 2.89. The van der Waals surface area contributed by atoms with Crippen molar-refractivity contribution < 1.29 is 4.74 Å². The lowest BCUT2D eigenvalue weighted by atomic mass is 10.2. The van der Waals surface area contributed by atoms with E-state index in [0.29, 0.717) is 12.1 Å². The van der Waals surface area contributed by atoms with E-state index in [4.69, 9.17) is 10.5 Å². The molecule has 0 amide bonds. The van der Waals surface area contributed by atoms with Crippen LogP contribution in [-0.2, 0) is 4.74 Å². The molecule has 0 radical (unpaired) electrons. The molecule has 0 bridgehead atoms. The van der Waals surface area contributed by atoms with Gasteiger partial charge in [-0.05, 0) is 38.5 Å². The first kappa shape index (κ1) is 11.7. The highest BCUT2D eigenvalue weighted by Crippen LogP contribution is 2.20. The molecule has 0 aromatic carbocycles. The number of rotatable bonds is 7. The maximum Gasteiger partial charge on any atom is 0.0725 e. The Morgan fingerprint density at radius 1 is 1.29 bits per heavy atom. The van der Waals surface area contributed by atoms with Crippen molar-refractivity contribution in [2.45, 2.75) is 57.1 Å². The van der Waals surface area contributed by atoms with E-state index in [1.807, 2.05) is 6.08 Å². The molecule has 0 aromatic rings. The maximum atomic E-state index is 5.90. The number of hydrogen-bond donors (Lipinski definition) is 1. The summed E-state index contributed by atoms with van der Waals surface area (Å²) in [7, 11) is 0. The van der Waals surface area contributed by atoms with Crippen LogP contribution in [0, 0.1) is 0 Å². The van der Waals surface area contributed by atoms with E-state index in [2.05, 4.69) is 6.58 Å². The second-order valence-electron chi connectivity index (χ2n) is 4.14. The monoisotopic (exact) mass is 197 g/mol.